The van der Waals surface area contributed by atoms with Crippen LogP contribution in [-0.2, 0) is 13.0 Å². The fourth-order valence-electron chi connectivity index (χ4n) is 3.38. The highest BCUT2D eigenvalue weighted by molar-refractivity contribution is 5.94. The standard InChI is InChI=1S/C20H19N3O2/c1-13-6-7-14-8-9-23(18(14)10-13)20(25)22-12-15-11-21-19(24)17-5-3-2-4-16(15)17/h2-7,10-11H,8-9,12H2,1H3,(H,21,24)(H,22,25). The molecule has 4 rings (SSSR count). The Hall–Kier alpha value is -3.08. The molecule has 2 N–H and O–H groups in total. The van der Waals surface area contributed by atoms with Gasteiger partial charge in [-0.3, -0.25) is 9.69 Å². The van der Waals surface area contributed by atoms with Crippen molar-refractivity contribution in [2.75, 3.05) is 11.4 Å². The Morgan fingerprint density at radius 1 is 1.20 bits per heavy atom. The molecule has 1 aliphatic rings. The van der Waals surface area contributed by atoms with Crippen molar-refractivity contribution in [2.24, 2.45) is 0 Å². The molecule has 5 nitrogen and oxygen atoms in total. The molecule has 126 valence electrons. The number of aromatic amines is 1. The predicted octanol–water partition coefficient (Wildman–Crippen LogP) is 3.11. The first-order valence-corrected chi connectivity index (χ1v) is 8.38. The molecular formula is C20H19N3O2. The molecule has 0 radical (unpaired) electrons. The number of benzene rings is 2. The fourth-order valence-corrected chi connectivity index (χ4v) is 3.38. The van der Waals surface area contributed by atoms with Gasteiger partial charge in [0.1, 0.15) is 0 Å². The number of carbonyl (C=O) groups is 1. The average Bonchev–Trinajstić information content (AvgIpc) is 3.04. The Morgan fingerprint density at radius 2 is 2.00 bits per heavy atom. The molecule has 2 aromatic carbocycles. The summed E-state index contributed by atoms with van der Waals surface area (Å²) in [5, 5.41) is 4.48. The number of aromatic nitrogens is 1. The van der Waals surface area contributed by atoms with Crippen LogP contribution in [0.15, 0.2) is 53.5 Å². The molecule has 25 heavy (non-hydrogen) atoms. The summed E-state index contributed by atoms with van der Waals surface area (Å²) in [5.74, 6) is 0. The molecule has 2 amide bonds. The lowest BCUT2D eigenvalue weighted by atomic mass is 10.1. The zero-order chi connectivity index (χ0) is 17.4. The molecule has 0 aliphatic carbocycles. The third-order valence-electron chi connectivity index (χ3n) is 4.71. The molecule has 2 heterocycles. The van der Waals surface area contributed by atoms with E-state index in [1.165, 1.54) is 5.56 Å². The molecule has 0 spiro atoms. The van der Waals surface area contributed by atoms with Gasteiger partial charge in [-0.05, 0) is 47.6 Å². The summed E-state index contributed by atoms with van der Waals surface area (Å²) < 4.78 is 0. The van der Waals surface area contributed by atoms with Gasteiger partial charge in [0.25, 0.3) is 5.56 Å². The van der Waals surface area contributed by atoms with Crippen LogP contribution in [0.5, 0.6) is 0 Å². The van der Waals surface area contributed by atoms with Gasteiger partial charge in [0, 0.05) is 30.4 Å². The number of hydrogen-bond acceptors (Lipinski definition) is 2. The zero-order valence-corrected chi connectivity index (χ0v) is 14.0. The molecule has 0 bridgehead atoms. The number of pyridine rings is 1. The number of aryl methyl sites for hydroxylation is 1. The first kappa shape index (κ1) is 15.4. The SMILES string of the molecule is Cc1ccc2c(c1)N(C(=O)NCc1c[nH]c(=O)c3ccccc13)CC2. The van der Waals surface area contributed by atoms with Crippen molar-refractivity contribution in [1.29, 1.82) is 0 Å². The number of hydrogen-bond donors (Lipinski definition) is 2. The Bertz CT molecular complexity index is 1020. The van der Waals surface area contributed by atoms with E-state index in [2.05, 4.69) is 28.5 Å². The van der Waals surface area contributed by atoms with Crippen molar-refractivity contribution < 1.29 is 4.79 Å². The number of urea groups is 1. The van der Waals surface area contributed by atoms with E-state index in [9.17, 15) is 9.59 Å². The van der Waals surface area contributed by atoms with Crippen molar-refractivity contribution in [2.45, 2.75) is 19.9 Å². The largest absolute Gasteiger partial charge is 0.334 e. The van der Waals surface area contributed by atoms with Crippen LogP contribution in [0, 0.1) is 6.92 Å². The van der Waals surface area contributed by atoms with Gasteiger partial charge in [-0.2, -0.15) is 0 Å². The Labute approximate surface area is 145 Å². The third-order valence-corrected chi connectivity index (χ3v) is 4.71. The number of amides is 2. The van der Waals surface area contributed by atoms with E-state index in [0.717, 1.165) is 28.6 Å². The topological polar surface area (TPSA) is 65.2 Å². The second-order valence-electron chi connectivity index (χ2n) is 6.38. The third kappa shape index (κ3) is 2.78. The van der Waals surface area contributed by atoms with Crippen LogP contribution in [0.1, 0.15) is 16.7 Å². The summed E-state index contributed by atoms with van der Waals surface area (Å²) in [6.07, 6.45) is 2.55. The summed E-state index contributed by atoms with van der Waals surface area (Å²) in [4.78, 5) is 29.1. The Balaban J connectivity index is 1.55. The summed E-state index contributed by atoms with van der Waals surface area (Å²) in [7, 11) is 0. The molecule has 1 aliphatic heterocycles. The van der Waals surface area contributed by atoms with E-state index in [-0.39, 0.29) is 11.6 Å². The first-order valence-electron chi connectivity index (χ1n) is 8.38. The molecule has 1 aromatic heterocycles. The Kier molecular flexibility index (Phi) is 3.76. The lowest BCUT2D eigenvalue weighted by Crippen LogP contribution is -2.38. The van der Waals surface area contributed by atoms with Gasteiger partial charge in [0.05, 0.1) is 0 Å². The highest BCUT2D eigenvalue weighted by atomic mass is 16.2. The van der Waals surface area contributed by atoms with Crippen molar-refractivity contribution in [3.8, 4) is 0 Å². The van der Waals surface area contributed by atoms with Gasteiger partial charge >= 0.3 is 6.03 Å². The van der Waals surface area contributed by atoms with E-state index in [4.69, 9.17) is 0 Å². The maximum atomic E-state index is 12.6. The molecule has 0 saturated carbocycles. The summed E-state index contributed by atoms with van der Waals surface area (Å²) in [6, 6.07) is 13.5. The molecule has 3 aromatic rings. The summed E-state index contributed by atoms with van der Waals surface area (Å²) in [5.41, 5.74) is 4.12. The van der Waals surface area contributed by atoms with E-state index in [1.54, 1.807) is 17.2 Å². The van der Waals surface area contributed by atoms with E-state index >= 15 is 0 Å². The second kappa shape index (κ2) is 6.09. The second-order valence-corrected chi connectivity index (χ2v) is 6.38. The number of fused-ring (bicyclic) bond motifs is 2. The number of carbonyl (C=O) groups excluding carboxylic acids is 1. The normalized spacial score (nSPS) is 13.1. The zero-order valence-electron chi connectivity index (χ0n) is 14.0. The van der Waals surface area contributed by atoms with Gasteiger partial charge in [0.2, 0.25) is 0 Å². The lowest BCUT2D eigenvalue weighted by Gasteiger charge is -2.19. The molecule has 0 atom stereocenters. The number of rotatable bonds is 2. The maximum absolute atomic E-state index is 12.6. The van der Waals surface area contributed by atoms with Gasteiger partial charge in [-0.25, -0.2) is 4.79 Å². The van der Waals surface area contributed by atoms with Crippen LogP contribution in [0.2, 0.25) is 0 Å². The molecule has 0 unspecified atom stereocenters. The van der Waals surface area contributed by atoms with Crippen molar-refractivity contribution in [3.05, 3.63) is 75.7 Å². The smallest absolute Gasteiger partial charge is 0.322 e. The van der Waals surface area contributed by atoms with E-state index in [0.29, 0.717) is 18.5 Å². The van der Waals surface area contributed by atoms with Gasteiger partial charge < -0.3 is 10.3 Å². The average molecular weight is 333 g/mol. The predicted molar refractivity (Wildman–Crippen MR) is 99.0 cm³/mol. The lowest BCUT2D eigenvalue weighted by molar-refractivity contribution is 0.246. The quantitative estimate of drug-likeness (QED) is 0.757. The molecule has 0 saturated heterocycles. The summed E-state index contributed by atoms with van der Waals surface area (Å²) >= 11 is 0. The van der Waals surface area contributed by atoms with Crippen LogP contribution in [0.4, 0.5) is 10.5 Å². The Morgan fingerprint density at radius 3 is 2.84 bits per heavy atom. The minimum absolute atomic E-state index is 0.111. The van der Waals surface area contributed by atoms with Crippen molar-refractivity contribution >= 4 is 22.5 Å². The number of anilines is 1. The molecule has 5 heteroatoms. The van der Waals surface area contributed by atoms with Crippen molar-refractivity contribution in [3.63, 3.8) is 0 Å². The van der Waals surface area contributed by atoms with Crippen molar-refractivity contribution in [1.82, 2.24) is 10.3 Å². The van der Waals surface area contributed by atoms with Gasteiger partial charge in [0.15, 0.2) is 0 Å². The van der Waals surface area contributed by atoms with Gasteiger partial charge in [-0.15, -0.1) is 0 Å². The minimum Gasteiger partial charge on any atom is -0.334 e. The highest BCUT2D eigenvalue weighted by Gasteiger charge is 2.24. The van der Waals surface area contributed by atoms with E-state index < -0.39 is 0 Å². The highest BCUT2D eigenvalue weighted by Crippen LogP contribution is 2.28. The number of nitrogens with zero attached hydrogens (tertiary/aromatic N) is 1. The van der Waals surface area contributed by atoms with Crippen LogP contribution in [-0.4, -0.2) is 17.6 Å². The van der Waals surface area contributed by atoms with Gasteiger partial charge in [-0.1, -0.05) is 30.3 Å². The van der Waals surface area contributed by atoms with E-state index in [1.807, 2.05) is 25.1 Å². The first-order chi connectivity index (χ1) is 12.1. The summed E-state index contributed by atoms with van der Waals surface area (Å²) in [6.45, 7) is 3.09. The van der Waals surface area contributed by atoms with Crippen LogP contribution < -0.4 is 15.8 Å². The van der Waals surface area contributed by atoms with Crippen LogP contribution in [0.3, 0.4) is 0 Å². The van der Waals surface area contributed by atoms with Crippen LogP contribution in [0.25, 0.3) is 10.8 Å². The number of H-pyrrole nitrogens is 1. The maximum Gasteiger partial charge on any atom is 0.322 e. The molecule has 0 fully saturated rings. The molecular weight excluding hydrogens is 314 g/mol. The number of nitrogens with one attached hydrogen (secondary N) is 2. The van der Waals surface area contributed by atoms with Crippen LogP contribution >= 0.6 is 0 Å². The monoisotopic (exact) mass is 333 g/mol. The fraction of sp³-hybridized carbons (Fsp3) is 0.200. The minimum atomic E-state index is -0.116.